The molecule has 0 saturated heterocycles. The minimum atomic E-state index is -0.450. The van der Waals surface area contributed by atoms with Crippen molar-refractivity contribution in [3.63, 3.8) is 0 Å². The Bertz CT molecular complexity index is 529. The molecule has 1 N–H and O–H groups in total. The van der Waals surface area contributed by atoms with Crippen molar-refractivity contribution in [2.24, 2.45) is 0 Å². The summed E-state index contributed by atoms with van der Waals surface area (Å²) >= 11 is 5.63. The van der Waals surface area contributed by atoms with Gasteiger partial charge in [0.1, 0.15) is 11.6 Å². The van der Waals surface area contributed by atoms with Gasteiger partial charge in [-0.3, -0.25) is 0 Å². The van der Waals surface area contributed by atoms with Crippen LogP contribution in [0.5, 0.6) is 0 Å². The lowest BCUT2D eigenvalue weighted by molar-refractivity contribution is 0.610. The van der Waals surface area contributed by atoms with Crippen molar-refractivity contribution in [2.45, 2.75) is 6.54 Å². The van der Waals surface area contributed by atoms with E-state index in [9.17, 15) is 8.78 Å². The molecule has 0 fully saturated rings. The Kier molecular flexibility index (Phi) is 3.59. The summed E-state index contributed by atoms with van der Waals surface area (Å²) in [5.74, 6) is -0.761. The van der Waals surface area contributed by atoms with Gasteiger partial charge in [-0.25, -0.2) is 8.78 Å². The topological polar surface area (TPSA) is 12.0 Å². The van der Waals surface area contributed by atoms with Crippen LogP contribution in [-0.2, 0) is 6.54 Å². The molecule has 0 heterocycles. The summed E-state index contributed by atoms with van der Waals surface area (Å²) in [6, 6.07) is 10.7. The highest BCUT2D eigenvalue weighted by atomic mass is 35.5. The zero-order chi connectivity index (χ0) is 12.3. The number of nitrogens with one attached hydrogen (secondary N) is 1. The predicted octanol–water partition coefficient (Wildman–Crippen LogP) is 4.23. The van der Waals surface area contributed by atoms with Gasteiger partial charge in [-0.2, -0.15) is 0 Å². The van der Waals surface area contributed by atoms with Gasteiger partial charge in [0.15, 0.2) is 0 Å². The van der Waals surface area contributed by atoms with Gasteiger partial charge in [0.05, 0.1) is 5.69 Å². The van der Waals surface area contributed by atoms with Crippen LogP contribution in [0, 0.1) is 11.6 Å². The molecule has 2 aromatic rings. The lowest BCUT2D eigenvalue weighted by Gasteiger charge is -2.08. The molecule has 0 aliphatic rings. The van der Waals surface area contributed by atoms with E-state index in [2.05, 4.69) is 5.32 Å². The molecule has 0 saturated carbocycles. The third-order valence-corrected chi connectivity index (χ3v) is 2.59. The molecule has 0 unspecified atom stereocenters. The summed E-state index contributed by atoms with van der Waals surface area (Å²) in [5, 5.41) is 3.16. The fourth-order valence-electron chi connectivity index (χ4n) is 1.47. The van der Waals surface area contributed by atoms with Crippen LogP contribution in [0.3, 0.4) is 0 Å². The molecule has 0 spiro atoms. The highest BCUT2D eigenvalue weighted by Gasteiger charge is 2.04. The van der Waals surface area contributed by atoms with Gasteiger partial charge in [0, 0.05) is 17.1 Å². The summed E-state index contributed by atoms with van der Waals surface area (Å²) in [5.41, 5.74) is 0.791. The zero-order valence-electron chi connectivity index (χ0n) is 8.88. The van der Waals surface area contributed by atoms with Crippen molar-refractivity contribution in [2.75, 3.05) is 5.32 Å². The molecule has 0 atom stereocenters. The number of benzene rings is 2. The van der Waals surface area contributed by atoms with Gasteiger partial charge in [0.25, 0.3) is 0 Å². The van der Waals surface area contributed by atoms with E-state index in [0.717, 1.165) is 0 Å². The number of hydrogen-bond donors (Lipinski definition) is 1. The molecule has 2 rings (SSSR count). The second-order valence-corrected chi connectivity index (χ2v) is 4.01. The third-order valence-electron chi connectivity index (χ3n) is 2.36. The predicted molar refractivity (Wildman–Crippen MR) is 65.1 cm³/mol. The van der Waals surface area contributed by atoms with E-state index in [1.807, 2.05) is 0 Å². The Morgan fingerprint density at radius 2 is 1.76 bits per heavy atom. The van der Waals surface area contributed by atoms with Crippen molar-refractivity contribution < 1.29 is 8.78 Å². The normalized spacial score (nSPS) is 10.3. The molecule has 4 heteroatoms. The monoisotopic (exact) mass is 253 g/mol. The van der Waals surface area contributed by atoms with Gasteiger partial charge in [-0.15, -0.1) is 0 Å². The molecule has 17 heavy (non-hydrogen) atoms. The molecule has 0 amide bonds. The SMILES string of the molecule is Fc1ccccc1CNc1ccc(Cl)cc1F. The Balaban J connectivity index is 2.10. The Hall–Kier alpha value is -1.61. The van der Waals surface area contributed by atoms with Gasteiger partial charge >= 0.3 is 0 Å². The first kappa shape index (κ1) is 11.9. The first-order valence-corrected chi connectivity index (χ1v) is 5.47. The van der Waals surface area contributed by atoms with Crippen LogP contribution in [0.4, 0.5) is 14.5 Å². The molecule has 0 radical (unpaired) electrons. The van der Waals surface area contributed by atoms with Crippen molar-refractivity contribution in [3.05, 3.63) is 64.7 Å². The average Bonchev–Trinajstić information content (AvgIpc) is 2.30. The summed E-state index contributed by atoms with van der Waals surface area (Å²) in [6.07, 6.45) is 0. The molecule has 0 aliphatic heterocycles. The van der Waals surface area contributed by atoms with E-state index in [0.29, 0.717) is 16.3 Å². The van der Waals surface area contributed by atoms with E-state index in [-0.39, 0.29) is 12.4 Å². The van der Waals surface area contributed by atoms with Crippen LogP contribution < -0.4 is 5.32 Å². The smallest absolute Gasteiger partial charge is 0.147 e. The highest BCUT2D eigenvalue weighted by Crippen LogP contribution is 2.19. The van der Waals surface area contributed by atoms with E-state index in [1.54, 1.807) is 24.3 Å². The number of rotatable bonds is 3. The minimum Gasteiger partial charge on any atom is -0.378 e. The van der Waals surface area contributed by atoms with Crippen molar-refractivity contribution >= 4 is 17.3 Å². The molecule has 0 bridgehead atoms. The van der Waals surface area contributed by atoms with Gasteiger partial charge in [0.2, 0.25) is 0 Å². The Morgan fingerprint density at radius 3 is 2.47 bits per heavy atom. The quantitative estimate of drug-likeness (QED) is 0.863. The maximum atomic E-state index is 13.4. The van der Waals surface area contributed by atoms with Gasteiger partial charge in [-0.05, 0) is 24.3 Å². The number of halogens is 3. The summed E-state index contributed by atoms with van der Waals surface area (Å²) in [7, 11) is 0. The molecular weight excluding hydrogens is 244 g/mol. The van der Waals surface area contributed by atoms with Crippen molar-refractivity contribution in [3.8, 4) is 0 Å². The second-order valence-electron chi connectivity index (χ2n) is 3.57. The largest absolute Gasteiger partial charge is 0.378 e. The first-order chi connectivity index (χ1) is 8.16. The maximum absolute atomic E-state index is 13.4. The van der Waals surface area contributed by atoms with E-state index >= 15 is 0 Å². The van der Waals surface area contributed by atoms with Crippen LogP contribution in [0.25, 0.3) is 0 Å². The summed E-state index contributed by atoms with van der Waals surface area (Å²) < 4.78 is 26.7. The fourth-order valence-corrected chi connectivity index (χ4v) is 1.62. The van der Waals surface area contributed by atoms with Crippen LogP contribution in [-0.4, -0.2) is 0 Å². The molecule has 1 nitrogen and oxygen atoms in total. The maximum Gasteiger partial charge on any atom is 0.147 e. The van der Waals surface area contributed by atoms with Gasteiger partial charge in [-0.1, -0.05) is 29.8 Å². The van der Waals surface area contributed by atoms with Gasteiger partial charge < -0.3 is 5.32 Å². The summed E-state index contributed by atoms with van der Waals surface area (Å²) in [4.78, 5) is 0. The molecule has 0 aliphatic carbocycles. The fraction of sp³-hybridized carbons (Fsp3) is 0.0769. The van der Waals surface area contributed by atoms with Crippen LogP contribution >= 0.6 is 11.6 Å². The molecule has 88 valence electrons. The Labute approximate surface area is 103 Å². The average molecular weight is 254 g/mol. The van der Waals surface area contributed by atoms with E-state index in [1.165, 1.54) is 18.2 Å². The summed E-state index contributed by atoms with van der Waals surface area (Å²) in [6.45, 7) is 0.227. The zero-order valence-corrected chi connectivity index (χ0v) is 9.64. The van der Waals surface area contributed by atoms with Crippen LogP contribution in [0.2, 0.25) is 5.02 Å². The lowest BCUT2D eigenvalue weighted by Crippen LogP contribution is -2.03. The standard InChI is InChI=1S/C13H10ClF2N/c14-10-5-6-13(12(16)7-10)17-8-9-3-1-2-4-11(9)15/h1-7,17H,8H2. The lowest BCUT2D eigenvalue weighted by atomic mass is 10.2. The van der Waals surface area contributed by atoms with Crippen molar-refractivity contribution in [1.29, 1.82) is 0 Å². The second kappa shape index (κ2) is 5.15. The highest BCUT2D eigenvalue weighted by molar-refractivity contribution is 6.30. The molecular formula is C13H10ClF2N. The molecule has 2 aromatic carbocycles. The number of anilines is 1. The first-order valence-electron chi connectivity index (χ1n) is 5.09. The Morgan fingerprint density at radius 1 is 1.00 bits per heavy atom. The van der Waals surface area contributed by atoms with Crippen LogP contribution in [0.1, 0.15) is 5.56 Å². The van der Waals surface area contributed by atoms with E-state index < -0.39 is 5.82 Å². The van der Waals surface area contributed by atoms with E-state index in [4.69, 9.17) is 11.6 Å². The number of hydrogen-bond acceptors (Lipinski definition) is 1. The third kappa shape index (κ3) is 2.94. The van der Waals surface area contributed by atoms with Crippen LogP contribution in [0.15, 0.2) is 42.5 Å². The van der Waals surface area contributed by atoms with Crippen molar-refractivity contribution in [1.82, 2.24) is 0 Å². The minimum absolute atomic E-state index is 0.227. The molecule has 0 aromatic heterocycles.